The number of rotatable bonds is 11. The maximum atomic E-state index is 15.0. The zero-order valence-electron chi connectivity index (χ0n) is 23.5. The smallest absolute Gasteiger partial charge is 0.304 e. The third-order valence-corrected chi connectivity index (χ3v) is 7.87. The van der Waals surface area contributed by atoms with Gasteiger partial charge in [0.25, 0.3) is 5.91 Å². The molecule has 11 nitrogen and oxygen atoms in total. The van der Waals surface area contributed by atoms with Crippen molar-refractivity contribution in [3.63, 3.8) is 0 Å². The molecule has 0 aliphatic carbocycles. The number of hydrogen-bond donors (Lipinski definition) is 2. The molecular formula is C28H33F2N5O6S. The van der Waals surface area contributed by atoms with Gasteiger partial charge < -0.3 is 14.6 Å². The van der Waals surface area contributed by atoms with Crippen molar-refractivity contribution in [1.82, 2.24) is 23.9 Å². The summed E-state index contributed by atoms with van der Waals surface area (Å²) < 4.78 is 69.6. The summed E-state index contributed by atoms with van der Waals surface area (Å²) in [6.07, 6.45) is 2.65. The molecule has 42 heavy (non-hydrogen) atoms. The van der Waals surface area contributed by atoms with E-state index < -0.39 is 50.8 Å². The van der Waals surface area contributed by atoms with Crippen molar-refractivity contribution in [3.8, 4) is 17.4 Å². The molecule has 0 unspecified atom stereocenters. The molecule has 3 heterocycles. The predicted molar refractivity (Wildman–Crippen MR) is 149 cm³/mol. The van der Waals surface area contributed by atoms with Gasteiger partial charge in [0.05, 0.1) is 23.1 Å². The molecule has 1 aliphatic heterocycles. The number of benzene rings is 1. The zero-order valence-corrected chi connectivity index (χ0v) is 24.3. The van der Waals surface area contributed by atoms with Crippen molar-refractivity contribution in [2.75, 3.05) is 32.7 Å². The first-order valence-electron chi connectivity index (χ1n) is 13.3. The minimum Gasteiger partial charge on any atom is -0.481 e. The molecule has 2 aromatic heterocycles. The molecule has 1 aliphatic rings. The SMILES string of the molecule is CC[C@@H](Oc1ccc(C(=O)NS(=O)(=O)N2CCN(CC(C)(C)O)CC2)c(F)c1F)c1ccc(Oc2ccccn2)cn1. The van der Waals surface area contributed by atoms with E-state index in [1.54, 1.807) is 57.3 Å². The Labute approximate surface area is 243 Å². The van der Waals surface area contributed by atoms with Gasteiger partial charge in [0.1, 0.15) is 11.9 Å². The summed E-state index contributed by atoms with van der Waals surface area (Å²) in [5.41, 5.74) is -1.30. The summed E-state index contributed by atoms with van der Waals surface area (Å²) in [6.45, 7) is 6.22. The minimum absolute atomic E-state index is 0.0605. The number of ether oxygens (including phenoxy) is 2. The van der Waals surface area contributed by atoms with Crippen molar-refractivity contribution >= 4 is 16.1 Å². The van der Waals surface area contributed by atoms with E-state index in [1.165, 1.54) is 6.20 Å². The number of β-amino-alcohol motifs (C(OH)–C–C–N with tert-alkyl or cyclic N) is 1. The van der Waals surface area contributed by atoms with Crippen LogP contribution in [0.2, 0.25) is 0 Å². The number of nitrogens with one attached hydrogen (secondary N) is 1. The molecule has 1 aromatic carbocycles. The lowest BCUT2D eigenvalue weighted by Gasteiger charge is -2.36. The van der Waals surface area contributed by atoms with Crippen molar-refractivity contribution in [2.45, 2.75) is 38.9 Å². The lowest BCUT2D eigenvalue weighted by molar-refractivity contribution is 0.0262. The number of pyridine rings is 2. The molecule has 1 fully saturated rings. The van der Waals surface area contributed by atoms with Crippen molar-refractivity contribution in [2.24, 2.45) is 0 Å². The van der Waals surface area contributed by atoms with E-state index in [9.17, 15) is 27.1 Å². The third-order valence-electron chi connectivity index (χ3n) is 6.38. The number of aromatic nitrogens is 2. The number of halogens is 2. The van der Waals surface area contributed by atoms with Gasteiger partial charge in [-0.05, 0) is 50.6 Å². The van der Waals surface area contributed by atoms with Crippen LogP contribution in [0.5, 0.6) is 17.4 Å². The second-order valence-electron chi connectivity index (χ2n) is 10.4. The first-order chi connectivity index (χ1) is 19.9. The highest BCUT2D eigenvalue weighted by molar-refractivity contribution is 7.87. The summed E-state index contributed by atoms with van der Waals surface area (Å²) >= 11 is 0. The molecule has 0 radical (unpaired) electrons. The molecule has 226 valence electrons. The van der Waals surface area contributed by atoms with Crippen LogP contribution in [0.25, 0.3) is 0 Å². The van der Waals surface area contributed by atoms with E-state index in [0.29, 0.717) is 43.4 Å². The molecule has 14 heteroatoms. The highest BCUT2D eigenvalue weighted by atomic mass is 32.2. The molecule has 1 amide bonds. The highest BCUT2D eigenvalue weighted by Crippen LogP contribution is 2.30. The normalized spacial score (nSPS) is 15.7. The fourth-order valence-corrected chi connectivity index (χ4v) is 5.50. The van der Waals surface area contributed by atoms with Crippen LogP contribution < -0.4 is 14.2 Å². The number of hydrogen-bond acceptors (Lipinski definition) is 9. The van der Waals surface area contributed by atoms with E-state index in [-0.39, 0.29) is 13.1 Å². The maximum Gasteiger partial charge on any atom is 0.304 e. The second kappa shape index (κ2) is 13.1. The van der Waals surface area contributed by atoms with Crippen molar-refractivity contribution < 1.29 is 36.6 Å². The Hall–Kier alpha value is -3.72. The first kappa shape index (κ1) is 31.2. The van der Waals surface area contributed by atoms with Crippen molar-refractivity contribution in [3.05, 3.63) is 77.8 Å². The summed E-state index contributed by atoms with van der Waals surface area (Å²) in [7, 11) is -4.32. The van der Waals surface area contributed by atoms with E-state index in [1.807, 2.05) is 9.62 Å². The van der Waals surface area contributed by atoms with E-state index in [0.717, 1.165) is 16.4 Å². The van der Waals surface area contributed by atoms with Crippen LogP contribution in [0.3, 0.4) is 0 Å². The Morgan fingerprint density at radius 3 is 2.40 bits per heavy atom. The monoisotopic (exact) mass is 605 g/mol. The van der Waals surface area contributed by atoms with E-state index in [2.05, 4.69) is 9.97 Å². The van der Waals surface area contributed by atoms with E-state index in [4.69, 9.17) is 9.47 Å². The lowest BCUT2D eigenvalue weighted by atomic mass is 10.1. The van der Waals surface area contributed by atoms with Gasteiger partial charge in [-0.15, -0.1) is 0 Å². The van der Waals surface area contributed by atoms with Crippen LogP contribution in [0, 0.1) is 11.6 Å². The van der Waals surface area contributed by atoms with Crippen molar-refractivity contribution in [1.29, 1.82) is 0 Å². The first-order valence-corrected chi connectivity index (χ1v) is 14.8. The maximum absolute atomic E-state index is 15.0. The zero-order chi connectivity index (χ0) is 30.5. The van der Waals surface area contributed by atoms with Gasteiger partial charge >= 0.3 is 10.2 Å². The Bertz CT molecular complexity index is 1480. The van der Waals surface area contributed by atoms with Crippen LogP contribution >= 0.6 is 0 Å². The fourth-order valence-electron chi connectivity index (χ4n) is 4.39. The Kier molecular flexibility index (Phi) is 9.71. The predicted octanol–water partition coefficient (Wildman–Crippen LogP) is 3.44. The number of aliphatic hydroxyl groups is 1. The molecule has 3 aromatic rings. The van der Waals surface area contributed by atoms with E-state index >= 15 is 0 Å². The van der Waals surface area contributed by atoms with Crippen LogP contribution in [-0.2, 0) is 10.2 Å². The molecule has 0 saturated carbocycles. The van der Waals surface area contributed by atoms with Crippen LogP contribution in [-0.4, -0.2) is 76.9 Å². The fraction of sp³-hybridized carbons (Fsp3) is 0.393. The molecule has 0 bridgehead atoms. The molecule has 4 rings (SSSR count). The highest BCUT2D eigenvalue weighted by Gasteiger charge is 2.32. The summed E-state index contributed by atoms with van der Waals surface area (Å²) in [5.74, 6) is -3.95. The second-order valence-corrected chi connectivity index (χ2v) is 12.0. The van der Waals surface area contributed by atoms with Gasteiger partial charge in [0, 0.05) is 45.0 Å². The largest absolute Gasteiger partial charge is 0.481 e. The van der Waals surface area contributed by atoms with Crippen LogP contribution in [0.1, 0.15) is 49.3 Å². The number of piperazine rings is 1. The topological polar surface area (TPSA) is 134 Å². The number of nitrogens with zero attached hydrogens (tertiary/aromatic N) is 4. The molecule has 0 spiro atoms. The molecular weight excluding hydrogens is 572 g/mol. The van der Waals surface area contributed by atoms with Gasteiger partial charge in [0.2, 0.25) is 11.7 Å². The molecule has 2 N–H and O–H groups in total. The third kappa shape index (κ3) is 7.97. The lowest BCUT2D eigenvalue weighted by Crippen LogP contribution is -2.54. The minimum atomic E-state index is -4.32. The summed E-state index contributed by atoms with van der Waals surface area (Å²) in [5, 5.41) is 9.97. The molecule has 1 saturated heterocycles. The quantitative estimate of drug-likeness (QED) is 0.337. The van der Waals surface area contributed by atoms with Gasteiger partial charge in [0.15, 0.2) is 11.6 Å². The molecule has 1 atom stereocenters. The number of amides is 1. The number of carbonyl (C=O) groups excluding carboxylic acids is 1. The average Bonchev–Trinajstić information content (AvgIpc) is 2.94. The Morgan fingerprint density at radius 2 is 1.81 bits per heavy atom. The van der Waals surface area contributed by atoms with Crippen LogP contribution in [0.4, 0.5) is 8.78 Å². The number of carbonyl (C=O) groups is 1. The average molecular weight is 606 g/mol. The Balaban J connectivity index is 1.40. The van der Waals surface area contributed by atoms with Gasteiger partial charge in [-0.25, -0.2) is 14.1 Å². The summed E-state index contributed by atoms with van der Waals surface area (Å²) in [4.78, 5) is 22.9. The van der Waals surface area contributed by atoms with Crippen LogP contribution in [0.15, 0.2) is 54.9 Å². The van der Waals surface area contributed by atoms with Gasteiger partial charge in [-0.3, -0.25) is 14.7 Å². The van der Waals surface area contributed by atoms with Gasteiger partial charge in [-0.2, -0.15) is 17.1 Å². The standard InChI is InChI=1S/C28H33F2N5O6S/c1-4-22(21-10-8-19(17-32-21)40-24-7-5-6-12-31-24)41-23-11-9-20(25(29)26(23)30)27(36)33-42(38,39)35-15-13-34(14-16-35)18-28(2,3)37/h5-12,17,22,37H,4,13-16,18H2,1-3H3,(H,33,36)/t22-/m1/s1. The van der Waals surface area contributed by atoms with Gasteiger partial charge in [-0.1, -0.05) is 13.0 Å². The summed E-state index contributed by atoms with van der Waals surface area (Å²) in [6, 6.07) is 10.5. The Morgan fingerprint density at radius 1 is 1.07 bits per heavy atom.